The standard InChI is InChI=1S/C16H22O/c17-16(10-13-5-2-1-3-6-13)11-14-7-4-8-15(9-14)12-16/h1-3,5-6,14-15,17H,4,7-12H2/t14-,15+,16?. The summed E-state index contributed by atoms with van der Waals surface area (Å²) in [6, 6.07) is 10.5. The summed E-state index contributed by atoms with van der Waals surface area (Å²) in [5, 5.41) is 10.8. The largest absolute Gasteiger partial charge is 0.390 e. The maximum absolute atomic E-state index is 10.8. The second kappa shape index (κ2) is 4.45. The van der Waals surface area contributed by atoms with Gasteiger partial charge in [-0.3, -0.25) is 0 Å². The van der Waals surface area contributed by atoms with Gasteiger partial charge in [-0.25, -0.2) is 0 Å². The molecule has 0 spiro atoms. The van der Waals surface area contributed by atoms with Gasteiger partial charge in [0.15, 0.2) is 0 Å². The Balaban J connectivity index is 1.73. The van der Waals surface area contributed by atoms with Crippen molar-refractivity contribution < 1.29 is 5.11 Å². The van der Waals surface area contributed by atoms with Crippen LogP contribution in [0.4, 0.5) is 0 Å². The van der Waals surface area contributed by atoms with E-state index < -0.39 is 5.60 Å². The van der Waals surface area contributed by atoms with Crippen LogP contribution in [0.15, 0.2) is 30.3 Å². The van der Waals surface area contributed by atoms with Crippen molar-refractivity contribution >= 4 is 0 Å². The third-order valence-electron chi connectivity index (χ3n) is 4.60. The first-order valence-electron chi connectivity index (χ1n) is 7.00. The molecule has 1 nitrogen and oxygen atoms in total. The molecule has 1 aromatic rings. The first-order valence-corrected chi connectivity index (χ1v) is 7.00. The lowest BCUT2D eigenvalue weighted by molar-refractivity contribution is -0.0509. The zero-order chi connectivity index (χ0) is 11.7. The van der Waals surface area contributed by atoms with Crippen LogP contribution in [0.25, 0.3) is 0 Å². The molecule has 2 fully saturated rings. The minimum absolute atomic E-state index is 0.421. The molecule has 0 radical (unpaired) electrons. The highest BCUT2D eigenvalue weighted by Gasteiger charge is 2.40. The predicted octanol–water partition coefficient (Wildman–Crippen LogP) is 3.56. The molecule has 2 bridgehead atoms. The van der Waals surface area contributed by atoms with Crippen molar-refractivity contribution in [3.8, 4) is 0 Å². The van der Waals surface area contributed by atoms with Gasteiger partial charge >= 0.3 is 0 Å². The number of aliphatic hydroxyl groups is 1. The fourth-order valence-electron chi connectivity index (χ4n) is 4.05. The smallest absolute Gasteiger partial charge is 0.0693 e. The molecule has 0 heterocycles. The quantitative estimate of drug-likeness (QED) is 0.823. The van der Waals surface area contributed by atoms with Crippen LogP contribution in [0.1, 0.15) is 44.1 Å². The predicted molar refractivity (Wildman–Crippen MR) is 69.8 cm³/mol. The monoisotopic (exact) mass is 230 g/mol. The molecule has 3 rings (SSSR count). The maximum Gasteiger partial charge on any atom is 0.0693 e. The molecule has 0 saturated heterocycles. The highest BCUT2D eigenvalue weighted by atomic mass is 16.3. The van der Waals surface area contributed by atoms with Crippen molar-refractivity contribution in [1.82, 2.24) is 0 Å². The van der Waals surface area contributed by atoms with Crippen LogP contribution < -0.4 is 0 Å². The summed E-state index contributed by atoms with van der Waals surface area (Å²) in [5.41, 5.74) is 0.866. The maximum atomic E-state index is 10.8. The Morgan fingerprint density at radius 2 is 1.71 bits per heavy atom. The van der Waals surface area contributed by atoms with E-state index in [2.05, 4.69) is 24.3 Å². The topological polar surface area (TPSA) is 20.2 Å². The molecule has 2 aliphatic carbocycles. The molecular weight excluding hydrogens is 208 g/mol. The van der Waals surface area contributed by atoms with Gasteiger partial charge in [-0.15, -0.1) is 0 Å². The van der Waals surface area contributed by atoms with Gasteiger partial charge in [-0.1, -0.05) is 49.6 Å². The Kier molecular flexibility index (Phi) is 2.96. The van der Waals surface area contributed by atoms with E-state index in [0.29, 0.717) is 0 Å². The van der Waals surface area contributed by atoms with E-state index >= 15 is 0 Å². The van der Waals surface area contributed by atoms with Crippen LogP contribution in [-0.4, -0.2) is 10.7 Å². The fourth-order valence-corrected chi connectivity index (χ4v) is 4.05. The van der Waals surface area contributed by atoms with Gasteiger partial charge in [-0.2, -0.15) is 0 Å². The summed E-state index contributed by atoms with van der Waals surface area (Å²) in [6.07, 6.45) is 8.34. The molecule has 1 aromatic carbocycles. The third-order valence-corrected chi connectivity index (χ3v) is 4.60. The molecule has 2 saturated carbocycles. The van der Waals surface area contributed by atoms with Crippen LogP contribution in [0.3, 0.4) is 0 Å². The van der Waals surface area contributed by atoms with E-state index in [-0.39, 0.29) is 0 Å². The lowest BCUT2D eigenvalue weighted by Crippen LogP contribution is -2.42. The lowest BCUT2D eigenvalue weighted by atomic mass is 9.64. The zero-order valence-corrected chi connectivity index (χ0v) is 10.4. The molecule has 1 unspecified atom stereocenters. The molecular formula is C16H22O. The second-order valence-electron chi connectivity index (χ2n) is 6.19. The van der Waals surface area contributed by atoms with Crippen LogP contribution in [0, 0.1) is 11.8 Å². The molecule has 1 N–H and O–H groups in total. The van der Waals surface area contributed by atoms with E-state index in [0.717, 1.165) is 31.1 Å². The average molecular weight is 230 g/mol. The first kappa shape index (κ1) is 11.3. The number of benzene rings is 1. The summed E-state index contributed by atoms with van der Waals surface area (Å²) >= 11 is 0. The summed E-state index contributed by atoms with van der Waals surface area (Å²) in [4.78, 5) is 0. The Hall–Kier alpha value is -0.820. The molecule has 92 valence electrons. The first-order chi connectivity index (χ1) is 8.23. The normalized spacial score (nSPS) is 36.8. The second-order valence-corrected chi connectivity index (χ2v) is 6.19. The number of rotatable bonds is 2. The van der Waals surface area contributed by atoms with Crippen molar-refractivity contribution in [2.24, 2.45) is 11.8 Å². The van der Waals surface area contributed by atoms with Crippen molar-refractivity contribution in [1.29, 1.82) is 0 Å². The SMILES string of the molecule is OC1(Cc2ccccc2)C[C@@H]2CCC[C@@H](C2)C1. The molecule has 17 heavy (non-hydrogen) atoms. The summed E-state index contributed by atoms with van der Waals surface area (Å²) in [6.45, 7) is 0. The Morgan fingerprint density at radius 3 is 2.35 bits per heavy atom. The summed E-state index contributed by atoms with van der Waals surface area (Å²) in [7, 11) is 0. The van der Waals surface area contributed by atoms with Gasteiger partial charge in [0.2, 0.25) is 0 Å². The minimum atomic E-state index is -0.421. The summed E-state index contributed by atoms with van der Waals surface area (Å²) < 4.78 is 0. The lowest BCUT2D eigenvalue weighted by Gasteiger charge is -2.44. The van der Waals surface area contributed by atoms with Gasteiger partial charge in [-0.05, 0) is 36.7 Å². The van der Waals surface area contributed by atoms with Gasteiger partial charge in [0, 0.05) is 6.42 Å². The third kappa shape index (κ3) is 2.55. The Labute approximate surface area is 104 Å². The zero-order valence-electron chi connectivity index (χ0n) is 10.4. The van der Waals surface area contributed by atoms with Gasteiger partial charge in [0.25, 0.3) is 0 Å². The van der Waals surface area contributed by atoms with Crippen molar-refractivity contribution in [2.45, 2.75) is 50.5 Å². The van der Waals surface area contributed by atoms with Crippen LogP contribution in [0.5, 0.6) is 0 Å². The van der Waals surface area contributed by atoms with Gasteiger partial charge in [0.05, 0.1) is 5.60 Å². The molecule has 2 aliphatic rings. The minimum Gasteiger partial charge on any atom is -0.390 e. The molecule has 0 amide bonds. The number of hydrogen-bond donors (Lipinski definition) is 1. The van der Waals surface area contributed by atoms with Crippen LogP contribution in [-0.2, 0) is 6.42 Å². The highest BCUT2D eigenvalue weighted by molar-refractivity contribution is 5.17. The highest BCUT2D eigenvalue weighted by Crippen LogP contribution is 2.45. The van der Waals surface area contributed by atoms with E-state index in [1.165, 1.54) is 31.2 Å². The van der Waals surface area contributed by atoms with Gasteiger partial charge < -0.3 is 5.11 Å². The van der Waals surface area contributed by atoms with Crippen LogP contribution >= 0.6 is 0 Å². The Morgan fingerprint density at radius 1 is 1.06 bits per heavy atom. The fraction of sp³-hybridized carbons (Fsp3) is 0.625. The van der Waals surface area contributed by atoms with E-state index in [9.17, 15) is 5.11 Å². The average Bonchev–Trinajstić information content (AvgIpc) is 2.28. The number of hydrogen-bond acceptors (Lipinski definition) is 1. The molecule has 1 heteroatoms. The van der Waals surface area contributed by atoms with Crippen molar-refractivity contribution in [3.63, 3.8) is 0 Å². The van der Waals surface area contributed by atoms with E-state index in [4.69, 9.17) is 0 Å². The van der Waals surface area contributed by atoms with Crippen molar-refractivity contribution in [3.05, 3.63) is 35.9 Å². The Bertz CT molecular complexity index is 358. The molecule has 0 aromatic heterocycles. The van der Waals surface area contributed by atoms with E-state index in [1.54, 1.807) is 0 Å². The molecule has 0 aliphatic heterocycles. The summed E-state index contributed by atoms with van der Waals surface area (Å²) in [5.74, 6) is 1.58. The van der Waals surface area contributed by atoms with Gasteiger partial charge in [0.1, 0.15) is 0 Å². The number of fused-ring (bicyclic) bond motifs is 2. The van der Waals surface area contributed by atoms with E-state index in [1.807, 2.05) is 6.07 Å². The molecule has 3 atom stereocenters. The van der Waals surface area contributed by atoms with Crippen LogP contribution in [0.2, 0.25) is 0 Å². The van der Waals surface area contributed by atoms with Crippen molar-refractivity contribution in [2.75, 3.05) is 0 Å².